The fraction of sp³-hybridized carbons (Fsp3) is 0.118. The van der Waals surface area contributed by atoms with Crippen LogP contribution in [0.1, 0.15) is 10.6 Å². The van der Waals surface area contributed by atoms with Gasteiger partial charge in [-0.3, -0.25) is 9.20 Å². The Hall–Kier alpha value is -2.51. The summed E-state index contributed by atoms with van der Waals surface area (Å²) in [6, 6.07) is 10.0. The Labute approximate surface area is 146 Å². The van der Waals surface area contributed by atoms with Crippen LogP contribution in [0.15, 0.2) is 48.1 Å². The minimum absolute atomic E-state index is 0.0704. The van der Waals surface area contributed by atoms with Gasteiger partial charge in [-0.15, -0.1) is 22.7 Å². The van der Waals surface area contributed by atoms with Crippen molar-refractivity contribution in [2.45, 2.75) is 13.3 Å². The number of rotatable bonds is 4. The minimum Gasteiger partial charge on any atom is -0.302 e. The smallest absolute Gasteiger partial charge is 0.232 e. The molecule has 0 spiro atoms. The molecule has 0 aliphatic heterocycles. The highest BCUT2D eigenvalue weighted by Crippen LogP contribution is 2.24. The van der Waals surface area contributed by atoms with E-state index in [0.717, 1.165) is 26.8 Å². The molecule has 0 aliphatic rings. The number of carbonyl (C=O) groups is 1. The lowest BCUT2D eigenvalue weighted by atomic mass is 10.2. The first kappa shape index (κ1) is 15.0. The van der Waals surface area contributed by atoms with Crippen LogP contribution in [0.3, 0.4) is 0 Å². The van der Waals surface area contributed by atoms with E-state index >= 15 is 0 Å². The summed E-state index contributed by atoms with van der Waals surface area (Å²) >= 11 is 3.01. The van der Waals surface area contributed by atoms with Crippen molar-refractivity contribution in [3.8, 4) is 11.3 Å². The molecule has 5 nitrogen and oxygen atoms in total. The summed E-state index contributed by atoms with van der Waals surface area (Å²) in [6.07, 6.45) is 4.03. The van der Waals surface area contributed by atoms with E-state index in [2.05, 4.69) is 15.3 Å². The zero-order valence-electron chi connectivity index (χ0n) is 12.9. The Kier molecular flexibility index (Phi) is 3.87. The van der Waals surface area contributed by atoms with Crippen molar-refractivity contribution < 1.29 is 4.79 Å². The molecule has 0 radical (unpaired) electrons. The van der Waals surface area contributed by atoms with Gasteiger partial charge in [-0.25, -0.2) is 9.97 Å². The summed E-state index contributed by atoms with van der Waals surface area (Å²) in [6.45, 7) is 1.96. The zero-order chi connectivity index (χ0) is 16.5. The Balaban J connectivity index is 1.56. The number of aromatic nitrogens is 3. The Morgan fingerprint density at radius 1 is 1.29 bits per heavy atom. The zero-order valence-corrected chi connectivity index (χ0v) is 14.5. The lowest BCUT2D eigenvalue weighted by molar-refractivity contribution is -0.115. The standard InChI is InChI=1S/C17H14N4OS2/c1-11-8-18-16(24-11)20-15(22)7-13-10-23-17-19-14(9-21(13)17)12-5-3-2-4-6-12/h2-6,8-10H,7H2,1H3,(H,18,20,22). The Morgan fingerprint density at radius 2 is 2.12 bits per heavy atom. The average Bonchev–Trinajstić information content (AvgIpc) is 3.26. The van der Waals surface area contributed by atoms with E-state index in [1.165, 1.54) is 11.3 Å². The molecule has 0 fully saturated rings. The molecule has 0 saturated heterocycles. The predicted molar refractivity (Wildman–Crippen MR) is 97.7 cm³/mol. The van der Waals surface area contributed by atoms with Gasteiger partial charge in [-0.1, -0.05) is 30.3 Å². The number of imidazole rings is 1. The summed E-state index contributed by atoms with van der Waals surface area (Å²) in [5, 5.41) is 5.46. The largest absolute Gasteiger partial charge is 0.302 e. The highest BCUT2D eigenvalue weighted by atomic mass is 32.1. The number of nitrogens with zero attached hydrogens (tertiary/aromatic N) is 3. The number of amides is 1. The van der Waals surface area contributed by atoms with E-state index in [1.54, 1.807) is 17.5 Å². The second kappa shape index (κ2) is 6.18. The Morgan fingerprint density at radius 3 is 2.88 bits per heavy atom. The molecule has 0 bridgehead atoms. The quantitative estimate of drug-likeness (QED) is 0.602. The van der Waals surface area contributed by atoms with Crippen LogP contribution in [0, 0.1) is 6.92 Å². The van der Waals surface area contributed by atoms with Gasteiger partial charge in [-0.2, -0.15) is 0 Å². The summed E-state index contributed by atoms with van der Waals surface area (Å²) in [5.74, 6) is -0.0704. The third kappa shape index (κ3) is 2.95. The second-order valence-corrected chi connectivity index (χ2v) is 7.44. The first-order chi connectivity index (χ1) is 11.7. The van der Waals surface area contributed by atoms with Gasteiger partial charge in [0.05, 0.1) is 12.1 Å². The molecule has 1 aromatic carbocycles. The third-order valence-electron chi connectivity index (χ3n) is 3.56. The van der Waals surface area contributed by atoms with Crippen molar-refractivity contribution in [1.29, 1.82) is 0 Å². The van der Waals surface area contributed by atoms with E-state index < -0.39 is 0 Å². The summed E-state index contributed by atoms with van der Waals surface area (Å²) in [7, 11) is 0. The van der Waals surface area contributed by atoms with Crippen LogP contribution in [0.2, 0.25) is 0 Å². The maximum Gasteiger partial charge on any atom is 0.232 e. The lowest BCUT2D eigenvalue weighted by Crippen LogP contribution is -2.15. The van der Waals surface area contributed by atoms with Crippen LogP contribution < -0.4 is 5.32 Å². The van der Waals surface area contributed by atoms with Crippen LogP contribution in [0.4, 0.5) is 5.13 Å². The van der Waals surface area contributed by atoms with Gasteiger partial charge >= 0.3 is 0 Å². The van der Waals surface area contributed by atoms with Gasteiger partial charge in [0.2, 0.25) is 5.91 Å². The minimum atomic E-state index is -0.0704. The molecule has 0 atom stereocenters. The summed E-state index contributed by atoms with van der Waals surface area (Å²) in [5.41, 5.74) is 2.91. The second-order valence-electron chi connectivity index (χ2n) is 5.37. The average molecular weight is 354 g/mol. The monoisotopic (exact) mass is 354 g/mol. The van der Waals surface area contributed by atoms with Crippen molar-refractivity contribution in [3.05, 3.63) is 58.7 Å². The molecule has 7 heteroatoms. The normalized spacial score (nSPS) is 11.0. The van der Waals surface area contributed by atoms with Crippen molar-refractivity contribution in [3.63, 3.8) is 0 Å². The maximum atomic E-state index is 12.2. The molecule has 1 amide bonds. The van der Waals surface area contributed by atoms with Crippen molar-refractivity contribution >= 4 is 38.7 Å². The number of carbonyl (C=O) groups excluding carboxylic acids is 1. The van der Waals surface area contributed by atoms with Gasteiger partial charge in [0, 0.05) is 33.9 Å². The highest BCUT2D eigenvalue weighted by molar-refractivity contribution is 7.15. The molecule has 3 heterocycles. The molecular formula is C17H14N4OS2. The van der Waals surface area contributed by atoms with E-state index in [9.17, 15) is 4.79 Å². The third-order valence-corrected chi connectivity index (χ3v) is 5.28. The Bertz CT molecular complexity index is 1000. The van der Waals surface area contributed by atoms with Crippen LogP contribution in [0.25, 0.3) is 16.2 Å². The topological polar surface area (TPSA) is 59.3 Å². The van der Waals surface area contributed by atoms with Gasteiger partial charge < -0.3 is 5.32 Å². The van der Waals surface area contributed by atoms with E-state index in [-0.39, 0.29) is 5.91 Å². The number of nitrogens with one attached hydrogen (secondary N) is 1. The number of thiazole rings is 2. The van der Waals surface area contributed by atoms with Gasteiger partial charge in [0.1, 0.15) is 0 Å². The molecule has 4 aromatic rings. The van der Waals surface area contributed by atoms with E-state index in [0.29, 0.717) is 11.6 Å². The number of hydrogen-bond donors (Lipinski definition) is 1. The predicted octanol–water partition coefficient (Wildman–Crippen LogP) is 4.01. The number of hydrogen-bond acceptors (Lipinski definition) is 5. The van der Waals surface area contributed by atoms with Crippen molar-refractivity contribution in [1.82, 2.24) is 14.4 Å². The number of aryl methyl sites for hydroxylation is 1. The maximum absolute atomic E-state index is 12.2. The molecule has 4 rings (SSSR count). The molecule has 1 N–H and O–H groups in total. The first-order valence-corrected chi connectivity index (χ1v) is 9.12. The molecule has 0 saturated carbocycles. The molecule has 0 unspecified atom stereocenters. The highest BCUT2D eigenvalue weighted by Gasteiger charge is 2.13. The van der Waals surface area contributed by atoms with Gasteiger partial charge in [-0.05, 0) is 6.92 Å². The fourth-order valence-corrected chi connectivity index (χ4v) is 4.00. The van der Waals surface area contributed by atoms with Crippen LogP contribution in [-0.2, 0) is 11.2 Å². The number of anilines is 1. The lowest BCUT2D eigenvalue weighted by Gasteiger charge is -2.01. The van der Waals surface area contributed by atoms with Crippen LogP contribution in [0.5, 0.6) is 0 Å². The molecular weight excluding hydrogens is 340 g/mol. The van der Waals surface area contributed by atoms with Gasteiger partial charge in [0.15, 0.2) is 10.1 Å². The molecule has 3 aromatic heterocycles. The van der Waals surface area contributed by atoms with E-state index in [1.807, 2.05) is 53.2 Å². The number of fused-ring (bicyclic) bond motifs is 1. The van der Waals surface area contributed by atoms with Crippen molar-refractivity contribution in [2.75, 3.05) is 5.32 Å². The van der Waals surface area contributed by atoms with Crippen molar-refractivity contribution in [2.24, 2.45) is 0 Å². The molecule has 120 valence electrons. The van der Waals surface area contributed by atoms with Crippen LogP contribution >= 0.6 is 22.7 Å². The van der Waals surface area contributed by atoms with Gasteiger partial charge in [0.25, 0.3) is 0 Å². The molecule has 24 heavy (non-hydrogen) atoms. The summed E-state index contributed by atoms with van der Waals surface area (Å²) < 4.78 is 1.99. The molecule has 0 aliphatic carbocycles. The summed E-state index contributed by atoms with van der Waals surface area (Å²) in [4.78, 5) is 23.0. The van der Waals surface area contributed by atoms with E-state index in [4.69, 9.17) is 0 Å². The number of benzene rings is 1. The first-order valence-electron chi connectivity index (χ1n) is 7.42. The SMILES string of the molecule is Cc1cnc(NC(=O)Cc2csc3nc(-c4ccccc4)cn23)s1. The van der Waals surface area contributed by atoms with Crippen LogP contribution in [-0.4, -0.2) is 20.3 Å². The fourth-order valence-electron chi connectivity index (χ4n) is 2.44.